The molecule has 2 aromatic rings. The molecule has 2 N–H and O–H groups in total. The molecular formula is C16H17NO3. The van der Waals surface area contributed by atoms with Crippen molar-refractivity contribution in [2.45, 2.75) is 12.5 Å². The minimum Gasteiger partial charge on any atom is -0.410 e. The van der Waals surface area contributed by atoms with E-state index in [2.05, 4.69) is 5.32 Å². The van der Waals surface area contributed by atoms with Gasteiger partial charge in [0.05, 0.1) is 12.1 Å². The summed E-state index contributed by atoms with van der Waals surface area (Å²) in [6.45, 7) is 1.52. The van der Waals surface area contributed by atoms with Crippen molar-refractivity contribution in [2.75, 3.05) is 6.61 Å². The Morgan fingerprint density at radius 2 is 1.65 bits per heavy atom. The zero-order valence-corrected chi connectivity index (χ0v) is 11.2. The van der Waals surface area contributed by atoms with E-state index >= 15 is 0 Å². The van der Waals surface area contributed by atoms with E-state index in [4.69, 9.17) is 4.74 Å². The van der Waals surface area contributed by atoms with Crippen molar-refractivity contribution >= 4 is 6.09 Å². The Labute approximate surface area is 118 Å². The summed E-state index contributed by atoms with van der Waals surface area (Å²) >= 11 is 0. The van der Waals surface area contributed by atoms with Crippen LogP contribution in [0.1, 0.15) is 12.5 Å². The molecule has 1 atom stereocenters. The van der Waals surface area contributed by atoms with Crippen molar-refractivity contribution in [3.8, 4) is 5.75 Å². The Balaban J connectivity index is 2.08. The lowest BCUT2D eigenvalue weighted by Gasteiger charge is -2.28. The fourth-order valence-corrected chi connectivity index (χ4v) is 1.86. The van der Waals surface area contributed by atoms with Crippen molar-refractivity contribution in [1.29, 1.82) is 0 Å². The lowest BCUT2D eigenvalue weighted by Crippen LogP contribution is -2.47. The highest BCUT2D eigenvalue weighted by Gasteiger charge is 2.28. The third-order valence-electron chi connectivity index (χ3n) is 3.06. The molecule has 4 heteroatoms. The van der Waals surface area contributed by atoms with Crippen molar-refractivity contribution in [2.24, 2.45) is 0 Å². The van der Waals surface area contributed by atoms with E-state index < -0.39 is 11.6 Å². The first kappa shape index (κ1) is 14.1. The molecule has 0 spiro atoms. The van der Waals surface area contributed by atoms with Gasteiger partial charge in [0.15, 0.2) is 0 Å². The largest absolute Gasteiger partial charge is 0.413 e. The van der Waals surface area contributed by atoms with Crippen molar-refractivity contribution in [3.05, 3.63) is 66.2 Å². The number of rotatable bonds is 4. The van der Waals surface area contributed by atoms with Crippen LogP contribution in [0.3, 0.4) is 0 Å². The number of para-hydroxylation sites is 1. The summed E-state index contributed by atoms with van der Waals surface area (Å²) in [5.41, 5.74) is -0.0693. The third kappa shape index (κ3) is 3.36. The Kier molecular flexibility index (Phi) is 4.38. The number of nitrogens with one attached hydrogen (secondary N) is 1. The number of hydrogen-bond donors (Lipinski definition) is 2. The van der Waals surface area contributed by atoms with Crippen LogP contribution < -0.4 is 10.1 Å². The van der Waals surface area contributed by atoms with Crippen LogP contribution in [0.2, 0.25) is 0 Å². The Bertz CT molecular complexity index is 556. The maximum absolute atomic E-state index is 11.9. The second kappa shape index (κ2) is 6.21. The number of aliphatic hydroxyl groups is 1. The molecule has 0 aliphatic heterocycles. The van der Waals surface area contributed by atoms with Gasteiger partial charge in [-0.1, -0.05) is 48.5 Å². The topological polar surface area (TPSA) is 58.6 Å². The Hall–Kier alpha value is -2.33. The number of amides is 1. The predicted molar refractivity (Wildman–Crippen MR) is 76.5 cm³/mol. The summed E-state index contributed by atoms with van der Waals surface area (Å²) in [5.74, 6) is 0.457. The first-order valence-corrected chi connectivity index (χ1v) is 6.35. The quantitative estimate of drug-likeness (QED) is 0.898. The molecule has 0 aliphatic rings. The number of carbonyl (C=O) groups excluding carboxylic acids is 1. The second-order valence-electron chi connectivity index (χ2n) is 4.68. The standard InChI is InChI=1S/C16H17NO3/c1-16(12-18,13-8-4-2-5-9-13)17-15(19)20-14-10-6-3-7-11-14/h2-11,18H,12H2,1H3,(H,17,19). The lowest BCUT2D eigenvalue weighted by atomic mass is 9.93. The Morgan fingerprint density at radius 1 is 1.10 bits per heavy atom. The molecule has 1 amide bonds. The van der Waals surface area contributed by atoms with Gasteiger partial charge in [-0.15, -0.1) is 0 Å². The van der Waals surface area contributed by atoms with Gasteiger partial charge in [-0.25, -0.2) is 4.79 Å². The molecule has 0 aliphatic carbocycles. The highest BCUT2D eigenvalue weighted by Crippen LogP contribution is 2.20. The molecule has 2 aromatic carbocycles. The van der Waals surface area contributed by atoms with E-state index in [-0.39, 0.29) is 6.61 Å². The minimum absolute atomic E-state index is 0.221. The number of benzene rings is 2. The summed E-state index contributed by atoms with van der Waals surface area (Å²) in [7, 11) is 0. The van der Waals surface area contributed by atoms with Gasteiger partial charge in [0.25, 0.3) is 0 Å². The molecule has 2 rings (SSSR count). The molecular weight excluding hydrogens is 254 g/mol. The second-order valence-corrected chi connectivity index (χ2v) is 4.68. The zero-order chi connectivity index (χ0) is 14.4. The summed E-state index contributed by atoms with van der Waals surface area (Å²) in [4.78, 5) is 11.9. The van der Waals surface area contributed by atoms with Crippen molar-refractivity contribution < 1.29 is 14.6 Å². The highest BCUT2D eigenvalue weighted by molar-refractivity contribution is 5.71. The van der Waals surface area contributed by atoms with Crippen LogP contribution in [0.15, 0.2) is 60.7 Å². The van der Waals surface area contributed by atoms with E-state index in [1.807, 2.05) is 36.4 Å². The molecule has 0 heterocycles. The number of ether oxygens (including phenoxy) is 1. The summed E-state index contributed by atoms with van der Waals surface area (Å²) in [5, 5.41) is 12.3. The van der Waals surface area contributed by atoms with E-state index in [9.17, 15) is 9.90 Å². The predicted octanol–water partition coefficient (Wildman–Crippen LogP) is 2.68. The fraction of sp³-hybridized carbons (Fsp3) is 0.188. The highest BCUT2D eigenvalue weighted by atomic mass is 16.6. The van der Waals surface area contributed by atoms with E-state index in [1.165, 1.54) is 0 Å². The SMILES string of the molecule is CC(CO)(NC(=O)Oc1ccccc1)c1ccccc1. The van der Waals surface area contributed by atoms with E-state index in [0.717, 1.165) is 5.56 Å². The van der Waals surface area contributed by atoms with Crippen LogP contribution in [0.4, 0.5) is 4.79 Å². The van der Waals surface area contributed by atoms with Crippen molar-refractivity contribution in [1.82, 2.24) is 5.32 Å². The van der Waals surface area contributed by atoms with Gasteiger partial charge in [-0.05, 0) is 24.6 Å². The summed E-state index contributed by atoms with van der Waals surface area (Å²) in [6.07, 6.45) is -0.600. The number of carbonyl (C=O) groups is 1. The average molecular weight is 271 g/mol. The zero-order valence-electron chi connectivity index (χ0n) is 11.2. The maximum Gasteiger partial charge on any atom is 0.413 e. The van der Waals surface area contributed by atoms with E-state index in [1.54, 1.807) is 31.2 Å². The molecule has 0 saturated carbocycles. The first-order chi connectivity index (χ1) is 9.64. The Morgan fingerprint density at radius 3 is 2.20 bits per heavy atom. The van der Waals surface area contributed by atoms with Gasteiger partial charge in [0, 0.05) is 0 Å². The molecule has 0 fully saturated rings. The normalized spacial score (nSPS) is 13.3. The average Bonchev–Trinajstić information content (AvgIpc) is 2.49. The van der Waals surface area contributed by atoms with Crippen LogP contribution in [-0.4, -0.2) is 17.8 Å². The van der Waals surface area contributed by atoms with Crippen LogP contribution in [0.25, 0.3) is 0 Å². The molecule has 0 radical (unpaired) electrons. The van der Waals surface area contributed by atoms with Crippen LogP contribution in [0, 0.1) is 0 Å². The minimum atomic E-state index is -0.882. The van der Waals surface area contributed by atoms with Crippen LogP contribution in [0.5, 0.6) is 5.75 Å². The molecule has 0 saturated heterocycles. The summed E-state index contributed by atoms with van der Waals surface area (Å²) < 4.78 is 5.17. The fourth-order valence-electron chi connectivity index (χ4n) is 1.86. The lowest BCUT2D eigenvalue weighted by molar-refractivity contribution is 0.150. The maximum atomic E-state index is 11.9. The molecule has 0 aromatic heterocycles. The van der Waals surface area contributed by atoms with Gasteiger partial charge in [-0.3, -0.25) is 0 Å². The van der Waals surface area contributed by atoms with Gasteiger partial charge < -0.3 is 15.2 Å². The number of hydrogen-bond acceptors (Lipinski definition) is 3. The van der Waals surface area contributed by atoms with Crippen LogP contribution >= 0.6 is 0 Å². The molecule has 4 nitrogen and oxygen atoms in total. The molecule has 0 bridgehead atoms. The van der Waals surface area contributed by atoms with Crippen LogP contribution in [-0.2, 0) is 5.54 Å². The first-order valence-electron chi connectivity index (χ1n) is 6.35. The van der Waals surface area contributed by atoms with Gasteiger partial charge in [-0.2, -0.15) is 0 Å². The molecule has 104 valence electrons. The van der Waals surface area contributed by atoms with Gasteiger partial charge in [0.2, 0.25) is 0 Å². The van der Waals surface area contributed by atoms with Gasteiger partial charge in [0.1, 0.15) is 5.75 Å². The van der Waals surface area contributed by atoms with Gasteiger partial charge >= 0.3 is 6.09 Å². The molecule has 1 unspecified atom stereocenters. The van der Waals surface area contributed by atoms with Crippen molar-refractivity contribution in [3.63, 3.8) is 0 Å². The number of aliphatic hydroxyl groups excluding tert-OH is 1. The smallest absolute Gasteiger partial charge is 0.410 e. The molecule has 20 heavy (non-hydrogen) atoms. The monoisotopic (exact) mass is 271 g/mol. The summed E-state index contributed by atoms with van der Waals surface area (Å²) in [6, 6.07) is 18.1. The third-order valence-corrected chi connectivity index (χ3v) is 3.06. The van der Waals surface area contributed by atoms with E-state index in [0.29, 0.717) is 5.75 Å².